The molecule has 0 aromatic heterocycles. The van der Waals surface area contributed by atoms with Gasteiger partial charge in [0.2, 0.25) is 5.91 Å². The van der Waals surface area contributed by atoms with Gasteiger partial charge in [-0.15, -0.1) is 4.91 Å². The summed E-state index contributed by atoms with van der Waals surface area (Å²) < 4.78 is 0. The molecule has 2 saturated carbocycles. The van der Waals surface area contributed by atoms with Crippen LogP contribution >= 0.6 is 0 Å². The van der Waals surface area contributed by atoms with E-state index in [0.717, 1.165) is 38.5 Å². The Morgan fingerprint density at radius 2 is 1.43 bits per heavy atom. The summed E-state index contributed by atoms with van der Waals surface area (Å²) in [6, 6.07) is 0. The molecule has 0 atom stereocenters. The summed E-state index contributed by atoms with van der Waals surface area (Å²) in [5.41, 5.74) is 0. The van der Waals surface area contributed by atoms with E-state index in [1.807, 2.05) is 0 Å². The number of rotatable bonds is 6. The van der Waals surface area contributed by atoms with E-state index < -0.39 is 5.91 Å². The van der Waals surface area contributed by atoms with Crippen LogP contribution in [0.4, 0.5) is 0 Å². The van der Waals surface area contributed by atoms with Gasteiger partial charge < -0.3 is 5.32 Å². The van der Waals surface area contributed by atoms with Crippen molar-refractivity contribution in [2.24, 2.45) is 28.8 Å². The average Bonchev–Trinajstić information content (AvgIpc) is 3.04. The zero-order chi connectivity index (χ0) is 20.1. The molecule has 0 aromatic rings. The van der Waals surface area contributed by atoms with Gasteiger partial charge in [0.1, 0.15) is 0 Å². The Balaban J connectivity index is 1.34. The van der Waals surface area contributed by atoms with Crippen LogP contribution < -0.4 is 5.32 Å². The first-order valence-electron chi connectivity index (χ1n) is 10.2. The van der Waals surface area contributed by atoms with E-state index in [2.05, 4.69) is 10.5 Å². The molecule has 0 unspecified atom stereocenters. The molecule has 4 amide bonds. The lowest BCUT2D eigenvalue weighted by Gasteiger charge is -2.31. The smallest absolute Gasteiger partial charge is 0.289 e. The van der Waals surface area contributed by atoms with E-state index in [1.165, 1.54) is 17.1 Å². The van der Waals surface area contributed by atoms with Crippen LogP contribution in [0.5, 0.6) is 0 Å². The van der Waals surface area contributed by atoms with Gasteiger partial charge in [0, 0.05) is 42.3 Å². The Labute approximate surface area is 164 Å². The van der Waals surface area contributed by atoms with Crippen molar-refractivity contribution in [3.05, 3.63) is 17.1 Å². The third-order valence-electron chi connectivity index (χ3n) is 6.41. The Morgan fingerprint density at radius 1 is 0.893 bits per heavy atom. The average molecular weight is 389 g/mol. The predicted molar refractivity (Wildman–Crippen MR) is 101 cm³/mol. The molecule has 2 fully saturated rings. The first-order chi connectivity index (χ1) is 13.5. The molecule has 2 aliphatic carbocycles. The van der Waals surface area contributed by atoms with Crippen LogP contribution in [0.2, 0.25) is 0 Å². The van der Waals surface area contributed by atoms with Crippen molar-refractivity contribution >= 4 is 23.6 Å². The molecule has 1 N–H and O–H groups in total. The maximum Gasteiger partial charge on any atom is 0.289 e. The largest absolute Gasteiger partial charge is 0.356 e. The third-order valence-corrected chi connectivity index (χ3v) is 6.41. The summed E-state index contributed by atoms with van der Waals surface area (Å²) in [6.07, 6.45) is 8.80. The maximum absolute atomic E-state index is 12.5. The number of nitroso groups, excluding NO2 is 1. The molecule has 0 radical (unpaired) electrons. The second kappa shape index (κ2) is 9.21. The molecule has 3 rings (SSSR count). The van der Waals surface area contributed by atoms with Gasteiger partial charge in [-0.3, -0.25) is 24.1 Å². The minimum absolute atomic E-state index is 0.0171. The van der Waals surface area contributed by atoms with Gasteiger partial charge in [0.25, 0.3) is 17.7 Å². The van der Waals surface area contributed by atoms with Crippen LogP contribution in [-0.2, 0) is 19.2 Å². The first kappa shape index (κ1) is 20.4. The predicted octanol–water partition coefficient (Wildman–Crippen LogP) is 1.93. The zero-order valence-corrected chi connectivity index (χ0v) is 16.0. The molecule has 0 bridgehead atoms. The van der Waals surface area contributed by atoms with Crippen molar-refractivity contribution in [1.29, 1.82) is 0 Å². The summed E-state index contributed by atoms with van der Waals surface area (Å²) >= 11 is 0. The molecule has 0 aromatic carbocycles. The molecular weight excluding hydrogens is 362 g/mol. The lowest BCUT2D eigenvalue weighted by molar-refractivity contribution is -0.138. The van der Waals surface area contributed by atoms with Crippen molar-refractivity contribution < 1.29 is 19.2 Å². The molecule has 8 heteroatoms. The Hall–Kier alpha value is -2.38. The van der Waals surface area contributed by atoms with Crippen molar-refractivity contribution in [3.8, 4) is 0 Å². The van der Waals surface area contributed by atoms with Crippen molar-refractivity contribution in [2.75, 3.05) is 13.1 Å². The number of amides is 4. The first-order valence-corrected chi connectivity index (χ1v) is 10.2. The van der Waals surface area contributed by atoms with E-state index in [9.17, 15) is 24.1 Å². The van der Waals surface area contributed by atoms with Crippen molar-refractivity contribution in [2.45, 2.75) is 51.4 Å². The van der Waals surface area contributed by atoms with Gasteiger partial charge in [-0.05, 0) is 63.2 Å². The third kappa shape index (κ3) is 4.91. The molecule has 28 heavy (non-hydrogen) atoms. The summed E-state index contributed by atoms with van der Waals surface area (Å²) in [5.74, 6) is -0.628. The molecule has 8 nitrogen and oxygen atoms in total. The topological polar surface area (TPSA) is 113 Å². The minimum atomic E-state index is -0.549. The summed E-state index contributed by atoms with van der Waals surface area (Å²) in [5, 5.41) is 5.56. The number of hydrogen-bond donors (Lipinski definition) is 1. The van der Waals surface area contributed by atoms with Crippen LogP contribution in [0.25, 0.3) is 0 Å². The van der Waals surface area contributed by atoms with E-state index in [4.69, 9.17) is 0 Å². The number of carbonyl (C=O) groups excluding carboxylic acids is 4. The van der Waals surface area contributed by atoms with Gasteiger partial charge in [0.05, 0.1) is 0 Å². The van der Waals surface area contributed by atoms with Crippen LogP contribution in [-0.4, -0.2) is 41.6 Å². The highest BCUT2D eigenvalue weighted by atomic mass is 16.3. The van der Waals surface area contributed by atoms with Crippen LogP contribution in [0.1, 0.15) is 51.4 Å². The van der Waals surface area contributed by atoms with Crippen molar-refractivity contribution in [1.82, 2.24) is 10.2 Å². The summed E-state index contributed by atoms with van der Waals surface area (Å²) in [6.45, 7) is 1.05. The molecule has 1 aliphatic heterocycles. The number of nitrogens with zero attached hydrogens (tertiary/aromatic N) is 2. The highest BCUT2D eigenvalue weighted by molar-refractivity contribution is 6.12. The van der Waals surface area contributed by atoms with E-state index >= 15 is 0 Å². The van der Waals surface area contributed by atoms with Crippen molar-refractivity contribution in [3.63, 3.8) is 0 Å². The molecule has 0 saturated heterocycles. The number of hydrogen-bond acceptors (Lipinski definition) is 5. The second-order valence-corrected chi connectivity index (χ2v) is 8.23. The summed E-state index contributed by atoms with van der Waals surface area (Å²) in [4.78, 5) is 58.7. The normalized spacial score (nSPS) is 30.4. The Kier molecular flexibility index (Phi) is 6.70. The molecule has 152 valence electrons. The number of nitrogens with one attached hydrogen (secondary N) is 1. The standard InChI is InChI=1S/C20H27N3O5/c24-17-9-10-18(25)23(17)12-14-3-7-15(8-4-14)19(26)21-11-13-1-5-16(6-2-13)20(27)22-28/h9-10,13-16H,1-8,11-12H2,(H,21,26). The minimum Gasteiger partial charge on any atom is -0.356 e. The highest BCUT2D eigenvalue weighted by Gasteiger charge is 2.32. The van der Waals surface area contributed by atoms with Crippen LogP contribution in [0.15, 0.2) is 17.3 Å². The highest BCUT2D eigenvalue weighted by Crippen LogP contribution is 2.31. The van der Waals surface area contributed by atoms with E-state index in [0.29, 0.717) is 31.8 Å². The molecular formula is C20H27N3O5. The Morgan fingerprint density at radius 3 is 2.00 bits per heavy atom. The maximum atomic E-state index is 12.5. The van der Waals surface area contributed by atoms with Gasteiger partial charge in [-0.2, -0.15) is 0 Å². The van der Waals surface area contributed by atoms with Gasteiger partial charge in [-0.1, -0.05) is 0 Å². The van der Waals surface area contributed by atoms with Gasteiger partial charge in [-0.25, -0.2) is 0 Å². The summed E-state index contributed by atoms with van der Waals surface area (Å²) in [7, 11) is 0. The zero-order valence-electron chi connectivity index (χ0n) is 16.0. The van der Waals surface area contributed by atoms with E-state index in [1.54, 1.807) is 0 Å². The molecule has 3 aliphatic rings. The van der Waals surface area contributed by atoms with Crippen LogP contribution in [0, 0.1) is 28.6 Å². The van der Waals surface area contributed by atoms with Gasteiger partial charge in [0.15, 0.2) is 0 Å². The molecule has 0 spiro atoms. The fraction of sp³-hybridized carbons (Fsp3) is 0.700. The lowest BCUT2D eigenvalue weighted by Crippen LogP contribution is -2.39. The Bertz CT molecular complexity index is 655. The number of carbonyl (C=O) groups is 4. The van der Waals surface area contributed by atoms with Gasteiger partial charge >= 0.3 is 0 Å². The SMILES string of the molecule is O=NC(=O)C1CCC(CNC(=O)C2CCC(CN3C(=O)C=CC3=O)CC2)CC1. The number of imide groups is 1. The molecule has 1 heterocycles. The fourth-order valence-electron chi connectivity index (χ4n) is 4.55. The quantitative estimate of drug-likeness (QED) is 0.551. The van der Waals surface area contributed by atoms with Crippen LogP contribution in [0.3, 0.4) is 0 Å². The lowest BCUT2D eigenvalue weighted by atomic mass is 9.80. The van der Waals surface area contributed by atoms with E-state index in [-0.39, 0.29) is 35.5 Å². The second-order valence-electron chi connectivity index (χ2n) is 8.23. The monoisotopic (exact) mass is 389 g/mol. The fourth-order valence-corrected chi connectivity index (χ4v) is 4.55.